The molecule has 1 aliphatic heterocycles. The third-order valence-electron chi connectivity index (χ3n) is 4.90. The molecule has 7 nitrogen and oxygen atoms in total. The number of methoxy groups -OCH3 is 1. The molecule has 1 amide bonds. The van der Waals surface area contributed by atoms with Gasteiger partial charge in [-0.05, 0) is 45.4 Å². The van der Waals surface area contributed by atoms with Gasteiger partial charge in [0.2, 0.25) is 0 Å². The summed E-state index contributed by atoms with van der Waals surface area (Å²) in [5, 5.41) is -0.617. The average Bonchev–Trinajstić information content (AvgIpc) is 2.73. The van der Waals surface area contributed by atoms with E-state index in [0.717, 1.165) is 25.3 Å². The van der Waals surface area contributed by atoms with Gasteiger partial charge in [-0.25, -0.2) is 42.0 Å². The molecule has 0 saturated heterocycles. The van der Waals surface area contributed by atoms with Gasteiger partial charge in [0.25, 0.3) is 0 Å². The van der Waals surface area contributed by atoms with Gasteiger partial charge in [0.15, 0.2) is 23.3 Å². The molecule has 12 heteroatoms. The van der Waals surface area contributed by atoms with Crippen molar-refractivity contribution in [2.24, 2.45) is 4.99 Å². The number of hydrogen-bond acceptors (Lipinski definition) is 6. The SMILES string of the molecule is COC(=O)C1=C(Cl)N(C(=O)OC(C)(C)C)C(c2ncc(F)cc2F)=NC1(C)c1ccc(F)c(F)c1. The van der Waals surface area contributed by atoms with Crippen molar-refractivity contribution in [2.75, 3.05) is 7.11 Å². The Bertz CT molecular complexity index is 1280. The number of hydrogen-bond donors (Lipinski definition) is 0. The monoisotopic (exact) mass is 513 g/mol. The van der Waals surface area contributed by atoms with Gasteiger partial charge in [-0.15, -0.1) is 0 Å². The molecule has 0 aliphatic carbocycles. The van der Waals surface area contributed by atoms with Gasteiger partial charge >= 0.3 is 12.1 Å². The van der Waals surface area contributed by atoms with Crippen LogP contribution >= 0.6 is 11.6 Å². The highest BCUT2D eigenvalue weighted by atomic mass is 35.5. The second kappa shape index (κ2) is 9.29. The van der Waals surface area contributed by atoms with Crippen molar-refractivity contribution in [3.63, 3.8) is 0 Å². The zero-order valence-corrected chi connectivity index (χ0v) is 20.0. The Kier molecular flexibility index (Phi) is 6.94. The first-order valence-corrected chi connectivity index (χ1v) is 10.5. The molecular formula is C23H20ClF4N3O4. The molecule has 0 radical (unpaired) electrons. The summed E-state index contributed by atoms with van der Waals surface area (Å²) in [6, 6.07) is 3.19. The number of nitrogens with zero attached hydrogens (tertiary/aromatic N) is 3. The van der Waals surface area contributed by atoms with E-state index in [4.69, 9.17) is 21.1 Å². The summed E-state index contributed by atoms with van der Waals surface area (Å²) in [4.78, 5) is 34.5. The number of aliphatic imine (C=N–C) groups is 1. The van der Waals surface area contributed by atoms with Gasteiger partial charge in [0, 0.05) is 6.07 Å². The molecule has 186 valence electrons. The molecule has 1 aromatic carbocycles. The van der Waals surface area contributed by atoms with Crippen LogP contribution in [0.25, 0.3) is 0 Å². The van der Waals surface area contributed by atoms with Gasteiger partial charge in [-0.1, -0.05) is 17.7 Å². The number of amidine groups is 1. The largest absolute Gasteiger partial charge is 0.465 e. The summed E-state index contributed by atoms with van der Waals surface area (Å²) in [5.74, 6) is -6.29. The molecule has 2 heterocycles. The molecular weight excluding hydrogens is 494 g/mol. The van der Waals surface area contributed by atoms with Crippen LogP contribution in [0, 0.1) is 23.3 Å². The van der Waals surface area contributed by atoms with E-state index in [-0.39, 0.29) is 5.56 Å². The Morgan fingerprint density at radius 1 is 1.06 bits per heavy atom. The maximum atomic E-state index is 14.8. The molecule has 0 saturated carbocycles. The molecule has 35 heavy (non-hydrogen) atoms. The van der Waals surface area contributed by atoms with E-state index in [1.807, 2.05) is 0 Å². The van der Waals surface area contributed by atoms with Crippen molar-refractivity contribution in [3.8, 4) is 0 Å². The predicted molar refractivity (Wildman–Crippen MR) is 117 cm³/mol. The number of pyridine rings is 1. The molecule has 1 aromatic heterocycles. The Labute approximate surface area is 203 Å². The van der Waals surface area contributed by atoms with E-state index in [0.29, 0.717) is 17.2 Å². The second-order valence-corrected chi connectivity index (χ2v) is 8.95. The average molecular weight is 514 g/mol. The zero-order valence-electron chi connectivity index (χ0n) is 19.3. The molecule has 1 aliphatic rings. The first kappa shape index (κ1) is 26.1. The highest BCUT2D eigenvalue weighted by Gasteiger charge is 2.48. The topological polar surface area (TPSA) is 81.1 Å². The Balaban J connectivity index is 2.38. The second-order valence-electron chi connectivity index (χ2n) is 8.59. The summed E-state index contributed by atoms with van der Waals surface area (Å²) < 4.78 is 66.3. The number of benzene rings is 1. The summed E-state index contributed by atoms with van der Waals surface area (Å²) in [6.07, 6.45) is -0.489. The van der Waals surface area contributed by atoms with E-state index in [1.165, 1.54) is 6.92 Å². The van der Waals surface area contributed by atoms with Crippen LogP contribution in [-0.4, -0.2) is 40.5 Å². The van der Waals surface area contributed by atoms with Crippen LogP contribution in [0.1, 0.15) is 39.0 Å². The van der Waals surface area contributed by atoms with E-state index < -0.39 is 68.7 Å². The van der Waals surface area contributed by atoms with E-state index in [1.54, 1.807) is 20.8 Å². The highest BCUT2D eigenvalue weighted by molar-refractivity contribution is 6.35. The Hall–Kier alpha value is -3.47. The summed E-state index contributed by atoms with van der Waals surface area (Å²) in [7, 11) is 1.03. The lowest BCUT2D eigenvalue weighted by atomic mass is 9.83. The minimum Gasteiger partial charge on any atom is -0.465 e. The number of carbonyl (C=O) groups excluding carboxylic acids is 2. The van der Waals surface area contributed by atoms with Crippen LogP contribution < -0.4 is 0 Å². The fourth-order valence-corrected chi connectivity index (χ4v) is 3.74. The molecule has 0 bridgehead atoms. The third kappa shape index (κ3) is 5.00. The van der Waals surface area contributed by atoms with E-state index in [9.17, 15) is 27.2 Å². The molecule has 1 atom stereocenters. The predicted octanol–water partition coefficient (Wildman–Crippen LogP) is 5.17. The number of ether oxygens (including phenoxy) is 2. The normalized spacial score (nSPS) is 18.3. The van der Waals surface area contributed by atoms with Crippen molar-refractivity contribution < 1.29 is 36.6 Å². The summed E-state index contributed by atoms with van der Waals surface area (Å²) >= 11 is 6.51. The lowest BCUT2D eigenvalue weighted by Crippen LogP contribution is -2.47. The number of halogens is 5. The minimum absolute atomic E-state index is 0.0844. The van der Waals surface area contributed by atoms with Gasteiger partial charge in [0.05, 0.1) is 13.3 Å². The fraction of sp³-hybridized carbons (Fsp3) is 0.304. The van der Waals surface area contributed by atoms with Gasteiger partial charge in [-0.3, -0.25) is 0 Å². The highest BCUT2D eigenvalue weighted by Crippen LogP contribution is 2.43. The number of rotatable bonds is 3. The Morgan fingerprint density at radius 2 is 1.71 bits per heavy atom. The van der Waals surface area contributed by atoms with Crippen LogP contribution in [0.2, 0.25) is 0 Å². The van der Waals surface area contributed by atoms with Crippen LogP contribution in [0.3, 0.4) is 0 Å². The minimum atomic E-state index is -1.92. The number of carbonyl (C=O) groups is 2. The van der Waals surface area contributed by atoms with E-state index >= 15 is 0 Å². The maximum Gasteiger partial charge on any atom is 0.421 e. The van der Waals surface area contributed by atoms with Gasteiger partial charge < -0.3 is 9.47 Å². The van der Waals surface area contributed by atoms with Crippen LogP contribution in [0.5, 0.6) is 0 Å². The molecule has 1 unspecified atom stereocenters. The molecule has 0 fully saturated rings. The van der Waals surface area contributed by atoms with Crippen molar-refractivity contribution in [3.05, 3.63) is 75.7 Å². The van der Waals surface area contributed by atoms with Crippen LogP contribution in [0.15, 0.2) is 46.2 Å². The van der Waals surface area contributed by atoms with E-state index in [2.05, 4.69) is 9.98 Å². The summed E-state index contributed by atoms with van der Waals surface area (Å²) in [6.45, 7) is 5.94. The summed E-state index contributed by atoms with van der Waals surface area (Å²) in [5.41, 5.74) is -4.13. The van der Waals surface area contributed by atoms with Crippen molar-refractivity contribution in [1.29, 1.82) is 0 Å². The van der Waals surface area contributed by atoms with Crippen LogP contribution in [0.4, 0.5) is 22.4 Å². The smallest absolute Gasteiger partial charge is 0.421 e. The van der Waals surface area contributed by atoms with Crippen LogP contribution in [-0.2, 0) is 19.8 Å². The molecule has 3 rings (SSSR count). The van der Waals surface area contributed by atoms with Crippen molar-refractivity contribution in [2.45, 2.75) is 38.8 Å². The van der Waals surface area contributed by atoms with Crippen molar-refractivity contribution in [1.82, 2.24) is 9.88 Å². The first-order valence-electron chi connectivity index (χ1n) is 10.1. The standard InChI is InChI=1S/C23H20ClF4N3O4/c1-22(2,3)35-21(33)31-18(24)16(20(32)34-5)23(4,11-6-7-13(26)14(27)8-11)30-19(31)17-15(28)9-12(25)10-29-17/h6-10H,1-5H3. The maximum absolute atomic E-state index is 14.8. The number of aromatic nitrogens is 1. The molecule has 2 aromatic rings. The first-order chi connectivity index (χ1) is 16.2. The lowest BCUT2D eigenvalue weighted by Gasteiger charge is -2.38. The Morgan fingerprint density at radius 3 is 2.26 bits per heavy atom. The third-order valence-corrected chi connectivity index (χ3v) is 5.26. The molecule has 0 N–H and O–H groups in total. The quantitative estimate of drug-likeness (QED) is 0.321. The van der Waals surface area contributed by atoms with Gasteiger partial charge in [0.1, 0.15) is 33.4 Å². The van der Waals surface area contributed by atoms with Gasteiger partial charge in [-0.2, -0.15) is 0 Å². The molecule has 0 spiro atoms. The fourth-order valence-electron chi connectivity index (χ4n) is 3.33. The number of esters is 1. The zero-order chi connectivity index (χ0) is 26.3. The number of amides is 1. The van der Waals surface area contributed by atoms with Crippen molar-refractivity contribution >= 4 is 29.5 Å². The lowest BCUT2D eigenvalue weighted by molar-refractivity contribution is -0.137.